The number of benzene rings is 1. The number of piperazine rings is 1. The van der Waals surface area contributed by atoms with Gasteiger partial charge in [0.15, 0.2) is 0 Å². The Balaban J connectivity index is 2.41. The lowest BCUT2D eigenvalue weighted by Crippen LogP contribution is -2.58. The van der Waals surface area contributed by atoms with Gasteiger partial charge in [-0.3, -0.25) is 14.5 Å². The summed E-state index contributed by atoms with van der Waals surface area (Å²) in [6.45, 7) is 3.85. The molecule has 0 aliphatic carbocycles. The molecule has 1 aliphatic heterocycles. The number of aryl methyl sites for hydroxylation is 1. The normalized spacial score (nSPS) is 19.3. The fraction of sp³-hybridized carbons (Fsp3) is 0.429. The van der Waals surface area contributed by atoms with Gasteiger partial charge >= 0.3 is 0 Å². The van der Waals surface area contributed by atoms with Crippen LogP contribution in [0.15, 0.2) is 18.2 Å². The maximum Gasteiger partial charge on any atom is 0.250 e. The molecule has 1 saturated heterocycles. The van der Waals surface area contributed by atoms with Crippen molar-refractivity contribution < 1.29 is 14.3 Å². The van der Waals surface area contributed by atoms with Gasteiger partial charge in [0.05, 0.1) is 12.8 Å². The van der Waals surface area contributed by atoms with Crippen LogP contribution in [-0.4, -0.2) is 31.5 Å². The molecule has 5 heteroatoms. The van der Waals surface area contributed by atoms with E-state index in [1.807, 2.05) is 32.0 Å². The number of ether oxygens (including phenoxy) is 1. The fourth-order valence-corrected chi connectivity index (χ4v) is 2.20. The molecule has 1 atom stereocenters. The smallest absolute Gasteiger partial charge is 0.250 e. The van der Waals surface area contributed by atoms with Crippen molar-refractivity contribution in [3.05, 3.63) is 23.8 Å². The molecule has 0 aromatic heterocycles. The Morgan fingerprint density at radius 3 is 2.79 bits per heavy atom. The minimum absolute atomic E-state index is 0.0369. The first kappa shape index (κ1) is 13.4. The Labute approximate surface area is 112 Å². The molecule has 2 amide bonds. The van der Waals surface area contributed by atoms with Gasteiger partial charge in [-0.2, -0.15) is 0 Å². The van der Waals surface area contributed by atoms with E-state index in [4.69, 9.17) is 4.74 Å². The molecule has 1 heterocycles. The number of nitrogens with one attached hydrogen (secondary N) is 1. The number of hydrogen-bond donors (Lipinski definition) is 1. The van der Waals surface area contributed by atoms with Crippen LogP contribution in [0.4, 0.5) is 5.69 Å². The summed E-state index contributed by atoms with van der Waals surface area (Å²) < 4.78 is 5.28. The Morgan fingerprint density at radius 1 is 1.42 bits per heavy atom. The lowest BCUT2D eigenvalue weighted by Gasteiger charge is -2.33. The van der Waals surface area contributed by atoms with Gasteiger partial charge in [-0.05, 0) is 31.0 Å². The third-order valence-corrected chi connectivity index (χ3v) is 3.23. The first-order valence-electron chi connectivity index (χ1n) is 6.32. The molecule has 0 radical (unpaired) electrons. The Bertz CT molecular complexity index is 513. The molecule has 19 heavy (non-hydrogen) atoms. The second kappa shape index (κ2) is 5.30. The van der Waals surface area contributed by atoms with Crippen molar-refractivity contribution in [3.8, 4) is 5.75 Å². The minimum atomic E-state index is -0.452. The van der Waals surface area contributed by atoms with E-state index in [-0.39, 0.29) is 18.4 Å². The van der Waals surface area contributed by atoms with Crippen LogP contribution in [0.2, 0.25) is 0 Å². The zero-order valence-corrected chi connectivity index (χ0v) is 11.4. The van der Waals surface area contributed by atoms with Gasteiger partial charge in [-0.15, -0.1) is 0 Å². The Morgan fingerprint density at radius 2 is 2.16 bits per heavy atom. The van der Waals surface area contributed by atoms with E-state index in [9.17, 15) is 9.59 Å². The third kappa shape index (κ3) is 2.54. The van der Waals surface area contributed by atoms with Gasteiger partial charge in [0, 0.05) is 0 Å². The summed E-state index contributed by atoms with van der Waals surface area (Å²) in [5.74, 6) is 0.365. The fourth-order valence-electron chi connectivity index (χ4n) is 2.20. The summed E-state index contributed by atoms with van der Waals surface area (Å²) in [6, 6.07) is 5.13. The van der Waals surface area contributed by atoms with E-state index >= 15 is 0 Å². The summed E-state index contributed by atoms with van der Waals surface area (Å²) in [6.07, 6.45) is 0.579. The van der Waals surface area contributed by atoms with E-state index in [0.717, 1.165) is 5.56 Å². The van der Waals surface area contributed by atoms with Crippen LogP contribution < -0.4 is 15.0 Å². The summed E-state index contributed by atoms with van der Waals surface area (Å²) in [4.78, 5) is 25.5. The van der Waals surface area contributed by atoms with Crippen molar-refractivity contribution >= 4 is 17.5 Å². The van der Waals surface area contributed by atoms with Crippen molar-refractivity contribution in [2.24, 2.45) is 0 Å². The molecule has 1 aromatic carbocycles. The van der Waals surface area contributed by atoms with Crippen molar-refractivity contribution in [2.45, 2.75) is 26.3 Å². The molecule has 1 fully saturated rings. The molecule has 2 rings (SSSR count). The van der Waals surface area contributed by atoms with Crippen LogP contribution in [0.5, 0.6) is 5.75 Å². The summed E-state index contributed by atoms with van der Waals surface area (Å²) in [5.41, 5.74) is 1.67. The highest BCUT2D eigenvalue weighted by Crippen LogP contribution is 2.30. The van der Waals surface area contributed by atoms with Crippen molar-refractivity contribution in [1.29, 1.82) is 0 Å². The number of amides is 2. The van der Waals surface area contributed by atoms with E-state index in [0.29, 0.717) is 17.9 Å². The monoisotopic (exact) mass is 262 g/mol. The molecular formula is C14H18N2O3. The minimum Gasteiger partial charge on any atom is -0.495 e. The second-order valence-electron chi connectivity index (χ2n) is 4.63. The molecule has 102 valence electrons. The number of nitrogens with zero attached hydrogens (tertiary/aromatic N) is 1. The highest BCUT2D eigenvalue weighted by atomic mass is 16.5. The lowest BCUT2D eigenvalue weighted by atomic mass is 10.1. The van der Waals surface area contributed by atoms with Gasteiger partial charge in [0.2, 0.25) is 11.8 Å². The molecule has 1 aliphatic rings. The molecule has 0 saturated carbocycles. The van der Waals surface area contributed by atoms with Crippen LogP contribution >= 0.6 is 0 Å². The number of methoxy groups -OCH3 is 1. The highest BCUT2D eigenvalue weighted by Gasteiger charge is 2.33. The van der Waals surface area contributed by atoms with E-state index < -0.39 is 6.04 Å². The van der Waals surface area contributed by atoms with Gasteiger partial charge in [0.1, 0.15) is 18.3 Å². The molecular weight excluding hydrogens is 244 g/mol. The number of carbonyl (C=O) groups excluding carboxylic acids is 2. The molecule has 0 spiro atoms. The average molecular weight is 262 g/mol. The summed E-state index contributed by atoms with van der Waals surface area (Å²) >= 11 is 0. The number of rotatable bonds is 3. The summed E-state index contributed by atoms with van der Waals surface area (Å²) in [5, 5.41) is 2.70. The Hall–Kier alpha value is -2.04. The standard InChI is InChI=1S/C14H18N2O3/c1-4-10-14(18)16(8-13(17)15-10)11-7-9(2)5-6-12(11)19-3/h5-7,10H,4,8H2,1-3H3,(H,15,17). The zero-order chi connectivity index (χ0) is 14.0. The third-order valence-electron chi connectivity index (χ3n) is 3.23. The van der Waals surface area contributed by atoms with Crippen LogP contribution in [0.1, 0.15) is 18.9 Å². The van der Waals surface area contributed by atoms with E-state index in [2.05, 4.69) is 5.32 Å². The molecule has 5 nitrogen and oxygen atoms in total. The number of anilines is 1. The second-order valence-corrected chi connectivity index (χ2v) is 4.63. The van der Waals surface area contributed by atoms with Crippen molar-refractivity contribution in [1.82, 2.24) is 5.32 Å². The SMILES string of the molecule is CCC1NC(=O)CN(c2cc(C)ccc2OC)C1=O. The predicted molar refractivity (Wildman–Crippen MR) is 72.3 cm³/mol. The lowest BCUT2D eigenvalue weighted by molar-refractivity contribution is -0.131. The molecule has 1 N–H and O–H groups in total. The zero-order valence-electron chi connectivity index (χ0n) is 11.4. The van der Waals surface area contributed by atoms with Crippen LogP contribution in [0.3, 0.4) is 0 Å². The predicted octanol–water partition coefficient (Wildman–Crippen LogP) is 1.25. The maximum atomic E-state index is 12.3. The first-order valence-corrected chi connectivity index (χ1v) is 6.32. The van der Waals surface area contributed by atoms with Crippen molar-refractivity contribution in [2.75, 3.05) is 18.6 Å². The summed E-state index contributed by atoms with van der Waals surface area (Å²) in [7, 11) is 1.56. The number of carbonyl (C=O) groups is 2. The van der Waals surface area contributed by atoms with Gasteiger partial charge in [-0.25, -0.2) is 0 Å². The quantitative estimate of drug-likeness (QED) is 0.891. The molecule has 0 bridgehead atoms. The van der Waals surface area contributed by atoms with Crippen molar-refractivity contribution in [3.63, 3.8) is 0 Å². The van der Waals surface area contributed by atoms with Gasteiger partial charge in [0.25, 0.3) is 0 Å². The van der Waals surface area contributed by atoms with Crippen LogP contribution in [0, 0.1) is 6.92 Å². The first-order chi connectivity index (χ1) is 9.06. The average Bonchev–Trinajstić information content (AvgIpc) is 2.41. The van der Waals surface area contributed by atoms with Crippen LogP contribution in [-0.2, 0) is 9.59 Å². The molecule has 1 aromatic rings. The number of hydrogen-bond acceptors (Lipinski definition) is 3. The maximum absolute atomic E-state index is 12.3. The largest absolute Gasteiger partial charge is 0.495 e. The van der Waals surface area contributed by atoms with Crippen LogP contribution in [0.25, 0.3) is 0 Å². The molecule has 1 unspecified atom stereocenters. The van der Waals surface area contributed by atoms with E-state index in [1.54, 1.807) is 7.11 Å². The highest BCUT2D eigenvalue weighted by molar-refractivity contribution is 6.07. The van der Waals surface area contributed by atoms with E-state index in [1.165, 1.54) is 4.90 Å². The van der Waals surface area contributed by atoms with Gasteiger partial charge in [-0.1, -0.05) is 13.0 Å². The Kier molecular flexibility index (Phi) is 3.74. The van der Waals surface area contributed by atoms with Gasteiger partial charge < -0.3 is 10.1 Å². The topological polar surface area (TPSA) is 58.6 Å².